The lowest BCUT2D eigenvalue weighted by Crippen LogP contribution is -2.11. The molecule has 6 heteroatoms. The molecule has 0 fully saturated rings. The number of halogens is 2. The molecule has 0 amide bonds. The number of nitrogens with zero attached hydrogens (tertiary/aromatic N) is 2. The molecule has 2 aromatic rings. The molecule has 1 N–H and O–H groups in total. The van der Waals surface area contributed by atoms with Crippen LogP contribution in [0.4, 0.5) is 0 Å². The maximum absolute atomic E-state index is 5.94. The average Bonchev–Trinajstić information content (AvgIpc) is 2.76. The molecule has 4 nitrogen and oxygen atoms in total. The smallest absolute Gasteiger partial charge is 0.147 e. The molecule has 0 radical (unpaired) electrons. The van der Waals surface area contributed by atoms with Crippen LogP contribution in [0.2, 0.25) is 5.15 Å². The highest BCUT2D eigenvalue weighted by atomic mass is 79.9. The Hall–Kier alpha value is -1.04. The first kappa shape index (κ1) is 15.4. The zero-order valence-electron chi connectivity index (χ0n) is 11.5. The minimum Gasteiger partial charge on any atom is -0.484 e. The topological polar surface area (TPSA) is 39.1 Å². The fraction of sp³-hybridized carbons (Fsp3) is 0.357. The summed E-state index contributed by atoms with van der Waals surface area (Å²) in [4.78, 5) is 4.20. The van der Waals surface area contributed by atoms with E-state index in [4.69, 9.17) is 16.3 Å². The summed E-state index contributed by atoms with van der Waals surface area (Å²) in [6.07, 6.45) is 1.62. The van der Waals surface area contributed by atoms with Gasteiger partial charge in [-0.15, -0.1) is 0 Å². The molecule has 0 bridgehead atoms. The van der Waals surface area contributed by atoms with E-state index in [0.29, 0.717) is 11.8 Å². The molecule has 0 aliphatic carbocycles. The summed E-state index contributed by atoms with van der Waals surface area (Å²) in [5.41, 5.74) is 1.21. The van der Waals surface area contributed by atoms with Crippen LogP contribution in [0, 0.1) is 0 Å². The first-order valence-electron chi connectivity index (χ1n) is 6.40. The van der Waals surface area contributed by atoms with E-state index in [-0.39, 0.29) is 0 Å². The van der Waals surface area contributed by atoms with Crippen molar-refractivity contribution in [3.05, 3.63) is 45.4 Å². The highest BCUT2D eigenvalue weighted by Crippen LogP contribution is 2.27. The maximum Gasteiger partial charge on any atom is 0.147 e. The van der Waals surface area contributed by atoms with Gasteiger partial charge in [-0.25, -0.2) is 4.98 Å². The van der Waals surface area contributed by atoms with Gasteiger partial charge in [-0.1, -0.05) is 24.6 Å². The maximum atomic E-state index is 5.94. The summed E-state index contributed by atoms with van der Waals surface area (Å²) in [7, 11) is 1.86. The molecule has 0 unspecified atom stereocenters. The Morgan fingerprint density at radius 2 is 2.25 bits per heavy atom. The fourth-order valence-electron chi connectivity index (χ4n) is 1.74. The van der Waals surface area contributed by atoms with E-state index in [1.54, 1.807) is 10.8 Å². The fourth-order valence-corrected chi connectivity index (χ4v) is 2.43. The van der Waals surface area contributed by atoms with Gasteiger partial charge in [-0.3, -0.25) is 0 Å². The zero-order valence-corrected chi connectivity index (χ0v) is 13.8. The molecule has 0 spiro atoms. The van der Waals surface area contributed by atoms with Crippen molar-refractivity contribution in [1.82, 2.24) is 14.9 Å². The van der Waals surface area contributed by atoms with Gasteiger partial charge < -0.3 is 14.6 Å². The SMILES string of the molecule is CCNCc1ccc(OCc2ncc(Cl)n2C)c(Br)c1. The van der Waals surface area contributed by atoms with Gasteiger partial charge in [-0.05, 0) is 40.2 Å². The van der Waals surface area contributed by atoms with Gasteiger partial charge in [-0.2, -0.15) is 0 Å². The molecular formula is C14H17BrClN3O. The largest absolute Gasteiger partial charge is 0.484 e. The number of aromatic nitrogens is 2. The third-order valence-electron chi connectivity index (χ3n) is 2.96. The molecule has 1 aromatic heterocycles. The third kappa shape index (κ3) is 3.75. The first-order valence-corrected chi connectivity index (χ1v) is 7.57. The van der Waals surface area contributed by atoms with E-state index < -0.39 is 0 Å². The van der Waals surface area contributed by atoms with E-state index in [1.807, 2.05) is 19.2 Å². The van der Waals surface area contributed by atoms with Crippen molar-refractivity contribution in [2.45, 2.75) is 20.1 Å². The second-order valence-corrected chi connectivity index (χ2v) is 5.63. The zero-order chi connectivity index (χ0) is 14.5. The van der Waals surface area contributed by atoms with Crippen molar-refractivity contribution in [3.8, 4) is 5.75 Å². The van der Waals surface area contributed by atoms with E-state index in [0.717, 1.165) is 29.1 Å². The summed E-state index contributed by atoms with van der Waals surface area (Å²) in [6.45, 7) is 4.28. The average molecular weight is 359 g/mol. The van der Waals surface area contributed by atoms with Gasteiger partial charge in [0.15, 0.2) is 0 Å². The number of imidazole rings is 1. The van der Waals surface area contributed by atoms with Gasteiger partial charge >= 0.3 is 0 Å². The second-order valence-electron chi connectivity index (χ2n) is 4.39. The van der Waals surface area contributed by atoms with Crippen molar-refractivity contribution in [2.24, 2.45) is 7.05 Å². The summed E-state index contributed by atoms with van der Waals surface area (Å²) >= 11 is 9.47. The molecule has 2 rings (SSSR count). The highest BCUT2D eigenvalue weighted by molar-refractivity contribution is 9.10. The van der Waals surface area contributed by atoms with Crippen LogP contribution in [0.5, 0.6) is 5.75 Å². The van der Waals surface area contributed by atoms with Crippen LogP contribution >= 0.6 is 27.5 Å². The standard InChI is InChI=1S/C14H17BrClN3O/c1-3-17-7-10-4-5-12(11(15)6-10)20-9-14-18-8-13(16)19(14)2/h4-6,8,17H,3,7,9H2,1-2H3. The molecule has 1 aromatic carbocycles. The lowest BCUT2D eigenvalue weighted by molar-refractivity contribution is 0.290. The van der Waals surface area contributed by atoms with E-state index >= 15 is 0 Å². The Balaban J connectivity index is 2.01. The van der Waals surface area contributed by atoms with Crippen molar-refractivity contribution in [3.63, 3.8) is 0 Å². The normalized spacial score (nSPS) is 10.8. The number of hydrogen-bond acceptors (Lipinski definition) is 3. The predicted molar refractivity (Wildman–Crippen MR) is 84.1 cm³/mol. The summed E-state index contributed by atoms with van der Waals surface area (Å²) < 4.78 is 8.51. The van der Waals surface area contributed by atoms with E-state index in [9.17, 15) is 0 Å². The Morgan fingerprint density at radius 1 is 1.45 bits per heavy atom. The predicted octanol–water partition coefficient (Wildman–Crippen LogP) is 3.52. The Bertz CT molecular complexity index is 586. The number of hydrogen-bond donors (Lipinski definition) is 1. The second kappa shape index (κ2) is 7.11. The number of ether oxygens (including phenoxy) is 1. The quantitative estimate of drug-likeness (QED) is 0.858. The van der Waals surface area contributed by atoms with Gasteiger partial charge in [0.25, 0.3) is 0 Å². The number of rotatable bonds is 6. The molecule has 0 aliphatic rings. The van der Waals surface area contributed by atoms with Crippen LogP contribution in [0.1, 0.15) is 18.3 Å². The summed E-state index contributed by atoms with van der Waals surface area (Å²) in [6, 6.07) is 6.07. The molecule has 0 saturated carbocycles. The van der Waals surface area contributed by atoms with Crippen LogP contribution in [0.3, 0.4) is 0 Å². The number of benzene rings is 1. The minimum absolute atomic E-state index is 0.383. The number of nitrogens with one attached hydrogen (secondary N) is 1. The Labute approximate surface area is 132 Å². The van der Waals surface area contributed by atoms with Crippen LogP contribution in [-0.4, -0.2) is 16.1 Å². The lowest BCUT2D eigenvalue weighted by Gasteiger charge is -2.10. The van der Waals surface area contributed by atoms with Crippen LogP contribution in [-0.2, 0) is 20.2 Å². The van der Waals surface area contributed by atoms with Gasteiger partial charge in [0.1, 0.15) is 23.3 Å². The first-order chi connectivity index (χ1) is 9.61. The molecule has 0 saturated heterocycles. The third-order valence-corrected chi connectivity index (χ3v) is 3.93. The van der Waals surface area contributed by atoms with Gasteiger partial charge in [0, 0.05) is 13.6 Å². The van der Waals surface area contributed by atoms with Crippen molar-refractivity contribution < 1.29 is 4.74 Å². The lowest BCUT2D eigenvalue weighted by atomic mass is 10.2. The van der Waals surface area contributed by atoms with E-state index in [1.165, 1.54) is 5.56 Å². The molecule has 0 atom stereocenters. The van der Waals surface area contributed by atoms with Crippen molar-refractivity contribution in [2.75, 3.05) is 6.54 Å². The van der Waals surface area contributed by atoms with Crippen molar-refractivity contribution in [1.29, 1.82) is 0 Å². The van der Waals surface area contributed by atoms with Crippen LogP contribution in [0.15, 0.2) is 28.9 Å². The minimum atomic E-state index is 0.383. The molecular weight excluding hydrogens is 342 g/mol. The van der Waals surface area contributed by atoms with Crippen LogP contribution < -0.4 is 10.1 Å². The highest BCUT2D eigenvalue weighted by Gasteiger charge is 2.07. The van der Waals surface area contributed by atoms with Crippen LogP contribution in [0.25, 0.3) is 0 Å². The molecule has 108 valence electrons. The van der Waals surface area contributed by atoms with E-state index in [2.05, 4.69) is 39.2 Å². The Kier molecular flexibility index (Phi) is 5.46. The van der Waals surface area contributed by atoms with Gasteiger partial charge in [0.2, 0.25) is 0 Å². The summed E-state index contributed by atoms with van der Waals surface area (Å²) in [5, 5.41) is 3.89. The molecule has 20 heavy (non-hydrogen) atoms. The summed E-state index contributed by atoms with van der Waals surface area (Å²) in [5.74, 6) is 1.59. The Morgan fingerprint density at radius 3 is 2.85 bits per heavy atom. The monoisotopic (exact) mass is 357 g/mol. The van der Waals surface area contributed by atoms with Crippen molar-refractivity contribution >= 4 is 27.5 Å². The molecule has 1 heterocycles. The van der Waals surface area contributed by atoms with Gasteiger partial charge in [0.05, 0.1) is 10.7 Å². The molecule has 0 aliphatic heterocycles.